The van der Waals surface area contributed by atoms with Crippen LogP contribution in [0.1, 0.15) is 35.6 Å². The van der Waals surface area contributed by atoms with Gasteiger partial charge in [0.05, 0.1) is 11.7 Å². The molecule has 0 spiro atoms. The number of imidazole rings is 1. The first-order valence-electron chi connectivity index (χ1n) is 5.00. The first kappa shape index (κ1) is 9.40. The van der Waals surface area contributed by atoms with E-state index in [1.54, 1.807) is 6.20 Å². The lowest BCUT2D eigenvalue weighted by molar-refractivity contribution is 0.0915. The molecule has 4 nitrogen and oxygen atoms in total. The van der Waals surface area contributed by atoms with Crippen LogP contribution < -0.4 is 5.32 Å². The van der Waals surface area contributed by atoms with Gasteiger partial charge in [0.15, 0.2) is 5.82 Å². The van der Waals surface area contributed by atoms with Crippen molar-refractivity contribution in [1.82, 2.24) is 15.3 Å². The van der Waals surface area contributed by atoms with Gasteiger partial charge in [0, 0.05) is 12.7 Å². The van der Waals surface area contributed by atoms with Crippen molar-refractivity contribution in [2.45, 2.75) is 32.2 Å². The van der Waals surface area contributed by atoms with Crippen LogP contribution in [0.4, 0.5) is 0 Å². The number of aromatic amines is 1. The first-order valence-corrected chi connectivity index (χ1v) is 5.00. The summed E-state index contributed by atoms with van der Waals surface area (Å²) >= 11 is 0. The maximum atomic E-state index is 11.8. The molecule has 1 fully saturated rings. The molecule has 0 amide bonds. The molecule has 75 valence electrons. The summed E-state index contributed by atoms with van der Waals surface area (Å²) in [6.45, 7) is 2.68. The average Bonchev–Trinajstić information content (AvgIpc) is 2.65. The van der Waals surface area contributed by atoms with Crippen LogP contribution in [0.25, 0.3) is 0 Å². The Kier molecular flexibility index (Phi) is 2.63. The molecular formula is C10H14N3O. The van der Waals surface area contributed by atoms with Crippen molar-refractivity contribution < 1.29 is 4.79 Å². The van der Waals surface area contributed by atoms with E-state index in [-0.39, 0.29) is 11.8 Å². The van der Waals surface area contributed by atoms with Crippen LogP contribution in [0.3, 0.4) is 0 Å². The summed E-state index contributed by atoms with van der Waals surface area (Å²) in [6, 6.07) is -0.158. The SMILES string of the molecule is Cc1c[nH]c(C(=O)C2CCCC[N]2)n1. The number of hydrogen-bond acceptors (Lipinski definition) is 2. The summed E-state index contributed by atoms with van der Waals surface area (Å²) in [5, 5.41) is 4.31. The Labute approximate surface area is 83.1 Å². The molecule has 1 unspecified atom stereocenters. The number of nitrogens with one attached hydrogen (secondary N) is 1. The number of ketones is 1. The van der Waals surface area contributed by atoms with E-state index in [0.29, 0.717) is 5.82 Å². The second-order valence-corrected chi connectivity index (χ2v) is 3.67. The van der Waals surface area contributed by atoms with Gasteiger partial charge >= 0.3 is 0 Å². The maximum Gasteiger partial charge on any atom is 0.216 e. The summed E-state index contributed by atoms with van der Waals surface area (Å²) < 4.78 is 0. The molecule has 1 aliphatic heterocycles. The van der Waals surface area contributed by atoms with Gasteiger partial charge < -0.3 is 4.98 Å². The second-order valence-electron chi connectivity index (χ2n) is 3.67. The Morgan fingerprint density at radius 3 is 3.00 bits per heavy atom. The van der Waals surface area contributed by atoms with Crippen molar-refractivity contribution in [3.05, 3.63) is 17.7 Å². The van der Waals surface area contributed by atoms with Crippen molar-refractivity contribution >= 4 is 5.78 Å². The predicted molar refractivity (Wildman–Crippen MR) is 52.3 cm³/mol. The van der Waals surface area contributed by atoms with Crippen LogP contribution in [0, 0.1) is 6.92 Å². The van der Waals surface area contributed by atoms with Gasteiger partial charge in [-0.25, -0.2) is 10.3 Å². The first-order chi connectivity index (χ1) is 6.77. The molecule has 1 aromatic heterocycles. The van der Waals surface area contributed by atoms with E-state index < -0.39 is 0 Å². The Bertz CT molecular complexity index is 326. The number of aromatic nitrogens is 2. The standard InChI is InChI=1S/C10H14N3O/c1-7-6-12-10(13-7)9(14)8-4-2-3-5-11-8/h6,8H,2-5H2,1H3,(H,12,13). The molecule has 1 saturated heterocycles. The Hall–Kier alpha value is -1.16. The van der Waals surface area contributed by atoms with Crippen LogP contribution in [0.15, 0.2) is 6.20 Å². The van der Waals surface area contributed by atoms with Gasteiger partial charge in [0.2, 0.25) is 5.78 Å². The highest BCUT2D eigenvalue weighted by Gasteiger charge is 2.24. The maximum absolute atomic E-state index is 11.8. The van der Waals surface area contributed by atoms with Crippen molar-refractivity contribution in [2.24, 2.45) is 0 Å². The third-order valence-corrected chi connectivity index (χ3v) is 2.48. The number of nitrogens with zero attached hydrogens (tertiary/aromatic N) is 2. The van der Waals surface area contributed by atoms with Crippen LogP contribution in [0.2, 0.25) is 0 Å². The van der Waals surface area contributed by atoms with Crippen molar-refractivity contribution in [3.63, 3.8) is 0 Å². The number of hydrogen-bond donors (Lipinski definition) is 1. The minimum atomic E-state index is -0.158. The molecular weight excluding hydrogens is 178 g/mol. The average molecular weight is 192 g/mol. The molecule has 1 atom stereocenters. The number of carbonyl (C=O) groups excluding carboxylic acids is 1. The van der Waals surface area contributed by atoms with Gasteiger partial charge in [-0.1, -0.05) is 6.42 Å². The summed E-state index contributed by atoms with van der Waals surface area (Å²) in [5.41, 5.74) is 0.851. The lowest BCUT2D eigenvalue weighted by Gasteiger charge is -2.18. The molecule has 0 aromatic carbocycles. The van der Waals surface area contributed by atoms with Gasteiger partial charge in [-0.05, 0) is 19.8 Å². The molecule has 2 heterocycles. The minimum absolute atomic E-state index is 0.0396. The number of rotatable bonds is 2. The molecule has 1 aliphatic rings. The van der Waals surface area contributed by atoms with Gasteiger partial charge in [-0.15, -0.1) is 0 Å². The van der Waals surface area contributed by atoms with E-state index in [2.05, 4.69) is 15.3 Å². The predicted octanol–water partition coefficient (Wildman–Crippen LogP) is 1.06. The van der Waals surface area contributed by atoms with Crippen LogP contribution in [-0.4, -0.2) is 28.3 Å². The summed E-state index contributed by atoms with van der Waals surface area (Å²) in [7, 11) is 0. The monoisotopic (exact) mass is 192 g/mol. The molecule has 14 heavy (non-hydrogen) atoms. The summed E-state index contributed by atoms with van der Waals surface area (Å²) in [5.74, 6) is 0.496. The number of H-pyrrole nitrogens is 1. The van der Waals surface area contributed by atoms with Gasteiger partial charge in [0.1, 0.15) is 0 Å². The zero-order chi connectivity index (χ0) is 9.97. The topological polar surface area (TPSA) is 59.9 Å². The molecule has 4 heteroatoms. The molecule has 1 radical (unpaired) electrons. The molecule has 2 rings (SSSR count). The largest absolute Gasteiger partial charge is 0.342 e. The lowest BCUT2D eigenvalue weighted by atomic mass is 10.0. The third kappa shape index (κ3) is 1.85. The van der Waals surface area contributed by atoms with Gasteiger partial charge in [-0.3, -0.25) is 4.79 Å². The summed E-state index contributed by atoms with van der Waals surface area (Å²) in [4.78, 5) is 18.8. The van der Waals surface area contributed by atoms with Gasteiger partial charge in [-0.2, -0.15) is 0 Å². The fraction of sp³-hybridized carbons (Fsp3) is 0.600. The van der Waals surface area contributed by atoms with E-state index in [4.69, 9.17) is 0 Å². The van der Waals surface area contributed by atoms with Crippen molar-refractivity contribution in [2.75, 3.05) is 6.54 Å². The number of carbonyl (C=O) groups is 1. The molecule has 1 N–H and O–H groups in total. The van der Waals surface area contributed by atoms with Crippen molar-refractivity contribution in [3.8, 4) is 0 Å². The molecule has 0 saturated carbocycles. The second kappa shape index (κ2) is 3.92. The quantitative estimate of drug-likeness (QED) is 0.712. The van der Waals surface area contributed by atoms with Crippen LogP contribution >= 0.6 is 0 Å². The Morgan fingerprint density at radius 2 is 2.43 bits per heavy atom. The summed E-state index contributed by atoms with van der Waals surface area (Å²) in [6.07, 6.45) is 4.83. The van der Waals surface area contributed by atoms with E-state index >= 15 is 0 Å². The molecule has 0 aliphatic carbocycles. The van der Waals surface area contributed by atoms with Gasteiger partial charge in [0.25, 0.3) is 0 Å². The highest BCUT2D eigenvalue weighted by Crippen LogP contribution is 2.12. The lowest BCUT2D eigenvalue weighted by Crippen LogP contribution is -2.35. The highest BCUT2D eigenvalue weighted by atomic mass is 16.1. The van der Waals surface area contributed by atoms with Crippen LogP contribution in [0.5, 0.6) is 0 Å². The molecule has 1 aromatic rings. The van der Waals surface area contributed by atoms with Crippen LogP contribution in [-0.2, 0) is 0 Å². The van der Waals surface area contributed by atoms with E-state index in [1.807, 2.05) is 6.92 Å². The normalized spacial score (nSPS) is 22.2. The fourth-order valence-corrected chi connectivity index (χ4v) is 1.70. The Balaban J connectivity index is 2.07. The minimum Gasteiger partial charge on any atom is -0.342 e. The smallest absolute Gasteiger partial charge is 0.216 e. The number of piperidine rings is 1. The number of Topliss-reactive ketones (excluding diaryl/α,β-unsaturated/α-hetero) is 1. The highest BCUT2D eigenvalue weighted by molar-refractivity contribution is 5.97. The zero-order valence-corrected chi connectivity index (χ0v) is 8.29. The fourth-order valence-electron chi connectivity index (χ4n) is 1.70. The zero-order valence-electron chi connectivity index (χ0n) is 8.29. The van der Waals surface area contributed by atoms with E-state index in [0.717, 1.165) is 31.5 Å². The molecule has 0 bridgehead atoms. The van der Waals surface area contributed by atoms with Crippen molar-refractivity contribution in [1.29, 1.82) is 0 Å². The van der Waals surface area contributed by atoms with E-state index in [9.17, 15) is 4.79 Å². The Morgan fingerprint density at radius 1 is 1.57 bits per heavy atom. The third-order valence-electron chi connectivity index (χ3n) is 2.48. The number of aryl methyl sites for hydroxylation is 1. The van der Waals surface area contributed by atoms with E-state index in [1.165, 1.54) is 0 Å².